The number of aromatic hydroxyl groups is 1. The van der Waals surface area contributed by atoms with Crippen molar-refractivity contribution in [2.75, 3.05) is 13.7 Å². The van der Waals surface area contributed by atoms with Crippen LogP contribution in [0.25, 0.3) is 22.3 Å². The van der Waals surface area contributed by atoms with Crippen LogP contribution >= 0.6 is 0 Å². The van der Waals surface area contributed by atoms with Crippen molar-refractivity contribution in [3.8, 4) is 28.6 Å². The van der Waals surface area contributed by atoms with Crippen LogP contribution in [0.1, 0.15) is 0 Å². The summed E-state index contributed by atoms with van der Waals surface area (Å²) in [4.78, 5) is 12.9. The molecule has 0 saturated carbocycles. The van der Waals surface area contributed by atoms with Crippen molar-refractivity contribution >= 4 is 11.0 Å². The van der Waals surface area contributed by atoms with Crippen LogP contribution in [-0.4, -0.2) is 70.0 Å². The zero-order chi connectivity index (χ0) is 23.0. The molecule has 2 heterocycles. The number of aliphatic hydroxyl groups is 4. The number of aliphatic hydroxyl groups excluding tert-OH is 4. The lowest BCUT2D eigenvalue weighted by Gasteiger charge is -2.39. The summed E-state index contributed by atoms with van der Waals surface area (Å²) in [5, 5.41) is 49.5. The van der Waals surface area contributed by atoms with E-state index in [-0.39, 0.29) is 28.2 Å². The van der Waals surface area contributed by atoms with Crippen LogP contribution in [0.5, 0.6) is 17.2 Å². The Hall–Kier alpha value is -3.15. The van der Waals surface area contributed by atoms with Crippen molar-refractivity contribution in [2.24, 2.45) is 0 Å². The van der Waals surface area contributed by atoms with Gasteiger partial charge in [-0.25, -0.2) is 0 Å². The van der Waals surface area contributed by atoms with Crippen molar-refractivity contribution in [2.45, 2.75) is 30.7 Å². The number of rotatable bonds is 5. The van der Waals surface area contributed by atoms with Gasteiger partial charge in [0, 0.05) is 23.8 Å². The third-order valence-electron chi connectivity index (χ3n) is 5.25. The van der Waals surface area contributed by atoms with Gasteiger partial charge in [0.05, 0.1) is 13.7 Å². The molecule has 5 atom stereocenters. The highest BCUT2D eigenvalue weighted by Crippen LogP contribution is 2.34. The Morgan fingerprint density at radius 2 is 1.72 bits per heavy atom. The van der Waals surface area contributed by atoms with Gasteiger partial charge in [-0.3, -0.25) is 4.79 Å². The van der Waals surface area contributed by atoms with E-state index in [1.54, 1.807) is 24.3 Å². The van der Waals surface area contributed by atoms with Gasteiger partial charge < -0.3 is 44.2 Å². The Morgan fingerprint density at radius 1 is 1.00 bits per heavy atom. The van der Waals surface area contributed by atoms with Crippen molar-refractivity contribution in [3.05, 3.63) is 52.7 Å². The number of methoxy groups -OCH3 is 1. The Morgan fingerprint density at radius 3 is 2.38 bits per heavy atom. The average Bonchev–Trinajstić information content (AvgIpc) is 2.78. The normalized spacial score (nSPS) is 25.6. The Labute approximate surface area is 181 Å². The first-order valence-corrected chi connectivity index (χ1v) is 9.75. The first-order valence-electron chi connectivity index (χ1n) is 9.75. The van der Waals surface area contributed by atoms with Gasteiger partial charge in [0.1, 0.15) is 58.4 Å². The molecule has 0 aliphatic carbocycles. The molecule has 10 heteroatoms. The summed E-state index contributed by atoms with van der Waals surface area (Å²) in [5.74, 6) is 0.422. The molecule has 0 radical (unpaired) electrons. The lowest BCUT2D eigenvalue weighted by molar-refractivity contribution is -0.277. The Kier molecular flexibility index (Phi) is 6.04. The summed E-state index contributed by atoms with van der Waals surface area (Å²) in [6, 6.07) is 10.4. The zero-order valence-corrected chi connectivity index (χ0v) is 16.9. The van der Waals surface area contributed by atoms with Gasteiger partial charge in [-0.1, -0.05) is 0 Å². The lowest BCUT2D eigenvalue weighted by atomic mass is 9.99. The van der Waals surface area contributed by atoms with E-state index in [1.165, 1.54) is 19.2 Å². The first-order chi connectivity index (χ1) is 15.3. The minimum atomic E-state index is -1.68. The zero-order valence-electron chi connectivity index (χ0n) is 16.9. The molecule has 5 N–H and O–H groups in total. The topological polar surface area (TPSA) is 159 Å². The number of benzene rings is 2. The molecular weight excluding hydrogens is 424 g/mol. The fourth-order valence-corrected chi connectivity index (χ4v) is 3.52. The van der Waals surface area contributed by atoms with Crippen LogP contribution in [0.4, 0.5) is 0 Å². The minimum absolute atomic E-state index is 0.0166. The molecule has 1 saturated heterocycles. The van der Waals surface area contributed by atoms with E-state index < -0.39 is 42.7 Å². The maximum Gasteiger partial charge on any atom is 0.229 e. The molecule has 1 aliphatic rings. The summed E-state index contributed by atoms with van der Waals surface area (Å²) >= 11 is 0. The van der Waals surface area contributed by atoms with Crippen LogP contribution in [0.2, 0.25) is 0 Å². The molecule has 0 amide bonds. The van der Waals surface area contributed by atoms with Crippen molar-refractivity contribution in [1.29, 1.82) is 0 Å². The highest BCUT2D eigenvalue weighted by atomic mass is 16.7. The van der Waals surface area contributed by atoms with E-state index in [0.29, 0.717) is 11.3 Å². The number of hydrogen-bond donors (Lipinski definition) is 5. The maximum atomic E-state index is 12.9. The van der Waals surface area contributed by atoms with E-state index in [2.05, 4.69) is 0 Å². The fraction of sp³-hybridized carbons (Fsp3) is 0.318. The largest absolute Gasteiger partial charge is 0.508 e. The van der Waals surface area contributed by atoms with E-state index in [1.807, 2.05) is 0 Å². The minimum Gasteiger partial charge on any atom is -0.508 e. The molecule has 1 fully saturated rings. The summed E-state index contributed by atoms with van der Waals surface area (Å²) in [6.07, 6.45) is -7.63. The monoisotopic (exact) mass is 446 g/mol. The van der Waals surface area contributed by atoms with E-state index >= 15 is 0 Å². The molecule has 3 aromatic rings. The van der Waals surface area contributed by atoms with E-state index in [0.717, 1.165) is 6.07 Å². The Balaban J connectivity index is 1.73. The maximum absolute atomic E-state index is 12.9. The van der Waals surface area contributed by atoms with Gasteiger partial charge in [-0.15, -0.1) is 0 Å². The van der Waals surface area contributed by atoms with Crippen molar-refractivity contribution in [1.82, 2.24) is 0 Å². The number of phenols is 1. The third-order valence-corrected chi connectivity index (χ3v) is 5.25. The number of fused-ring (bicyclic) bond motifs is 1. The van der Waals surface area contributed by atoms with Crippen LogP contribution in [0, 0.1) is 0 Å². The first kappa shape index (κ1) is 22.1. The van der Waals surface area contributed by atoms with Crippen molar-refractivity contribution < 1.29 is 44.2 Å². The number of ether oxygens (including phenoxy) is 3. The van der Waals surface area contributed by atoms with Gasteiger partial charge >= 0.3 is 0 Å². The van der Waals surface area contributed by atoms with Gasteiger partial charge in [0.2, 0.25) is 6.29 Å². The average molecular weight is 446 g/mol. The van der Waals surface area contributed by atoms with Gasteiger partial charge in [-0.05, 0) is 24.3 Å². The lowest BCUT2D eigenvalue weighted by Crippen LogP contribution is -2.60. The number of phenolic OH excluding ortho intramolecular Hbond substituents is 1. The quantitative estimate of drug-likeness (QED) is 0.370. The summed E-state index contributed by atoms with van der Waals surface area (Å²) in [7, 11) is 1.53. The predicted molar refractivity (Wildman–Crippen MR) is 111 cm³/mol. The molecule has 0 spiro atoms. The fourth-order valence-electron chi connectivity index (χ4n) is 3.52. The van der Waals surface area contributed by atoms with Crippen LogP contribution in [-0.2, 0) is 4.74 Å². The summed E-state index contributed by atoms with van der Waals surface area (Å²) < 4.78 is 21.8. The molecule has 170 valence electrons. The second kappa shape index (κ2) is 8.77. The third kappa shape index (κ3) is 4.01. The molecule has 32 heavy (non-hydrogen) atoms. The summed E-state index contributed by atoms with van der Waals surface area (Å²) in [6.45, 7) is -0.640. The molecule has 0 bridgehead atoms. The molecular formula is C22H22O10. The molecule has 10 nitrogen and oxygen atoms in total. The second-order valence-corrected chi connectivity index (χ2v) is 7.34. The highest BCUT2D eigenvalue weighted by molar-refractivity contribution is 5.86. The molecule has 2 aromatic carbocycles. The van der Waals surface area contributed by atoms with Crippen LogP contribution in [0.3, 0.4) is 0 Å². The Bertz CT molecular complexity index is 1150. The standard InChI is InChI=1S/C22H22O10/c1-29-12-4-2-10(3-5-12)14-8-13(25)18-15(30-14)6-11(24)7-16(18)31-22-21(28)20(27)19(26)17(9-23)32-22/h2-8,17,19-24,26-28H,9H2,1H3/t17-,19-,20+,21-,22?/m1/s1. The second-order valence-electron chi connectivity index (χ2n) is 7.34. The smallest absolute Gasteiger partial charge is 0.229 e. The van der Waals surface area contributed by atoms with Crippen LogP contribution in [0.15, 0.2) is 51.7 Å². The van der Waals surface area contributed by atoms with Crippen LogP contribution < -0.4 is 14.9 Å². The molecule has 1 aliphatic heterocycles. The predicted octanol–water partition coefficient (Wildman–Crippen LogP) is 0.353. The van der Waals surface area contributed by atoms with E-state index in [4.69, 9.17) is 18.6 Å². The molecule has 1 aromatic heterocycles. The van der Waals surface area contributed by atoms with E-state index in [9.17, 15) is 30.3 Å². The SMILES string of the molecule is COc1ccc(-c2cc(=O)c3c(OC4O[C@H](CO)[C@@H](O)[C@H](O)[C@H]4O)cc(O)cc3o2)cc1. The summed E-state index contributed by atoms with van der Waals surface area (Å²) in [5.41, 5.74) is 0.129. The highest BCUT2D eigenvalue weighted by Gasteiger charge is 2.45. The van der Waals surface area contributed by atoms with Gasteiger partial charge in [0.25, 0.3) is 0 Å². The molecule has 4 rings (SSSR count). The van der Waals surface area contributed by atoms with Gasteiger partial charge in [0.15, 0.2) is 5.43 Å². The van der Waals surface area contributed by atoms with Crippen molar-refractivity contribution in [3.63, 3.8) is 0 Å². The molecule has 1 unspecified atom stereocenters. The van der Waals surface area contributed by atoms with Gasteiger partial charge in [-0.2, -0.15) is 0 Å². The number of hydrogen-bond acceptors (Lipinski definition) is 10.